The van der Waals surface area contributed by atoms with Crippen molar-refractivity contribution in [2.75, 3.05) is 12.4 Å². The van der Waals surface area contributed by atoms with Crippen LogP contribution in [0.4, 0.5) is 5.13 Å². The number of rotatable bonds is 6. The number of amides is 1. The van der Waals surface area contributed by atoms with Crippen LogP contribution >= 0.6 is 22.7 Å². The molecule has 0 aliphatic rings. The molecule has 1 aromatic carbocycles. The molecule has 124 valence electrons. The predicted molar refractivity (Wildman–Crippen MR) is 100 cm³/mol. The molecule has 6 heteroatoms. The number of aryl methyl sites for hydroxylation is 2. The zero-order valence-electron chi connectivity index (χ0n) is 13.5. The minimum Gasteiger partial charge on any atom is -0.496 e. The molecule has 1 N–H and O–H groups in total. The van der Waals surface area contributed by atoms with Gasteiger partial charge < -0.3 is 10.1 Å². The lowest BCUT2D eigenvalue weighted by atomic mass is 10.1. The first kappa shape index (κ1) is 16.7. The summed E-state index contributed by atoms with van der Waals surface area (Å²) in [6, 6.07) is 11.9. The van der Waals surface area contributed by atoms with Gasteiger partial charge in [0.15, 0.2) is 5.13 Å². The van der Waals surface area contributed by atoms with Crippen molar-refractivity contribution in [3.05, 3.63) is 52.2 Å². The topological polar surface area (TPSA) is 51.2 Å². The number of thiazole rings is 1. The maximum absolute atomic E-state index is 12.2. The minimum atomic E-state index is -0.0378. The van der Waals surface area contributed by atoms with Crippen molar-refractivity contribution >= 4 is 33.7 Å². The summed E-state index contributed by atoms with van der Waals surface area (Å²) in [6.45, 7) is 2.07. The third-order valence-electron chi connectivity index (χ3n) is 3.56. The van der Waals surface area contributed by atoms with Gasteiger partial charge in [0.2, 0.25) is 5.91 Å². The van der Waals surface area contributed by atoms with Gasteiger partial charge in [0.05, 0.1) is 17.7 Å². The van der Waals surface area contributed by atoms with Crippen molar-refractivity contribution in [1.82, 2.24) is 4.98 Å². The van der Waals surface area contributed by atoms with Crippen LogP contribution in [0.3, 0.4) is 0 Å². The summed E-state index contributed by atoms with van der Waals surface area (Å²) in [5, 5.41) is 5.49. The van der Waals surface area contributed by atoms with Gasteiger partial charge in [-0.15, -0.1) is 22.7 Å². The van der Waals surface area contributed by atoms with Crippen molar-refractivity contribution in [1.29, 1.82) is 0 Å². The normalized spacial score (nSPS) is 10.6. The number of nitrogens with zero attached hydrogens (tertiary/aromatic N) is 1. The highest BCUT2D eigenvalue weighted by atomic mass is 32.1. The fraction of sp³-hybridized carbons (Fsp3) is 0.222. The van der Waals surface area contributed by atoms with Crippen molar-refractivity contribution in [2.45, 2.75) is 19.8 Å². The van der Waals surface area contributed by atoms with E-state index in [9.17, 15) is 4.79 Å². The van der Waals surface area contributed by atoms with Gasteiger partial charge in [-0.2, -0.15) is 0 Å². The number of carbonyl (C=O) groups is 1. The zero-order chi connectivity index (χ0) is 16.9. The van der Waals surface area contributed by atoms with E-state index in [0.29, 0.717) is 18.0 Å². The van der Waals surface area contributed by atoms with Crippen molar-refractivity contribution in [3.63, 3.8) is 0 Å². The Morgan fingerprint density at radius 2 is 2.08 bits per heavy atom. The largest absolute Gasteiger partial charge is 0.496 e. The van der Waals surface area contributed by atoms with Gasteiger partial charge in [-0.25, -0.2) is 4.98 Å². The van der Waals surface area contributed by atoms with Gasteiger partial charge in [-0.1, -0.05) is 18.2 Å². The van der Waals surface area contributed by atoms with E-state index in [1.165, 1.54) is 16.2 Å². The summed E-state index contributed by atoms with van der Waals surface area (Å²) in [4.78, 5) is 19.0. The lowest BCUT2D eigenvalue weighted by molar-refractivity contribution is -0.116. The number of ether oxygens (including phenoxy) is 1. The van der Waals surface area contributed by atoms with E-state index in [0.717, 1.165) is 21.9 Å². The standard InChI is InChI=1S/C18H18N2O2S2/c1-12-7-9-16(24-12)14-11-23-18(19-14)20-17(21)10-8-13-5-3-4-6-15(13)22-2/h3-7,9,11H,8,10H2,1-2H3,(H,19,20,21). The second kappa shape index (κ2) is 7.59. The fourth-order valence-electron chi connectivity index (χ4n) is 2.36. The number of nitrogens with one attached hydrogen (secondary N) is 1. The molecule has 0 saturated heterocycles. The highest BCUT2D eigenvalue weighted by Gasteiger charge is 2.10. The molecule has 1 amide bonds. The lowest BCUT2D eigenvalue weighted by Crippen LogP contribution is -2.12. The summed E-state index contributed by atoms with van der Waals surface area (Å²) in [5.41, 5.74) is 1.95. The first-order valence-corrected chi connectivity index (χ1v) is 9.29. The Morgan fingerprint density at radius 3 is 2.83 bits per heavy atom. The van der Waals surface area contributed by atoms with Crippen LogP contribution in [0.1, 0.15) is 16.9 Å². The molecule has 24 heavy (non-hydrogen) atoms. The molecule has 0 aliphatic heterocycles. The molecule has 0 fully saturated rings. The number of methoxy groups -OCH3 is 1. The molecule has 0 bridgehead atoms. The monoisotopic (exact) mass is 358 g/mol. The number of thiophene rings is 1. The second-order valence-corrected chi connectivity index (χ2v) is 7.45. The molecular formula is C18H18N2O2S2. The maximum Gasteiger partial charge on any atom is 0.226 e. The molecular weight excluding hydrogens is 340 g/mol. The van der Waals surface area contributed by atoms with Gasteiger partial charge in [-0.05, 0) is 37.1 Å². The average molecular weight is 358 g/mol. The van der Waals surface area contributed by atoms with Crippen molar-refractivity contribution in [2.24, 2.45) is 0 Å². The molecule has 4 nitrogen and oxygen atoms in total. The van der Waals surface area contributed by atoms with E-state index >= 15 is 0 Å². The van der Waals surface area contributed by atoms with Crippen LogP contribution in [-0.4, -0.2) is 18.0 Å². The van der Waals surface area contributed by atoms with Crippen molar-refractivity contribution in [3.8, 4) is 16.3 Å². The minimum absolute atomic E-state index is 0.0378. The SMILES string of the molecule is COc1ccccc1CCC(=O)Nc1nc(-c2ccc(C)s2)cs1. The average Bonchev–Trinajstić information content (AvgIpc) is 3.22. The van der Waals surface area contributed by atoms with E-state index in [2.05, 4.69) is 29.4 Å². The van der Waals surface area contributed by atoms with E-state index in [1.54, 1.807) is 18.4 Å². The summed E-state index contributed by atoms with van der Waals surface area (Å²) >= 11 is 3.15. The number of aromatic nitrogens is 1. The molecule has 0 saturated carbocycles. The van der Waals surface area contributed by atoms with Gasteiger partial charge in [0.25, 0.3) is 0 Å². The molecule has 0 spiro atoms. The molecule has 0 atom stereocenters. The molecule has 3 rings (SSSR count). The van der Waals surface area contributed by atoms with Crippen LogP contribution in [0.2, 0.25) is 0 Å². The van der Waals surface area contributed by atoms with Crippen LogP contribution in [-0.2, 0) is 11.2 Å². The number of para-hydroxylation sites is 1. The molecule has 2 aromatic heterocycles. The smallest absolute Gasteiger partial charge is 0.226 e. The molecule has 0 radical (unpaired) electrons. The van der Waals surface area contributed by atoms with Crippen LogP contribution in [0.15, 0.2) is 41.8 Å². The number of anilines is 1. The Bertz CT molecular complexity index is 839. The van der Waals surface area contributed by atoms with Gasteiger partial charge >= 0.3 is 0 Å². The quantitative estimate of drug-likeness (QED) is 0.691. The fourth-order valence-corrected chi connectivity index (χ4v) is 3.99. The third-order valence-corrected chi connectivity index (χ3v) is 5.34. The number of hydrogen-bond acceptors (Lipinski definition) is 5. The highest BCUT2D eigenvalue weighted by Crippen LogP contribution is 2.30. The van der Waals surface area contributed by atoms with E-state index < -0.39 is 0 Å². The number of benzene rings is 1. The molecule has 2 heterocycles. The lowest BCUT2D eigenvalue weighted by Gasteiger charge is -2.07. The number of hydrogen-bond donors (Lipinski definition) is 1. The predicted octanol–water partition coefficient (Wildman–Crippen LogP) is 4.76. The first-order valence-electron chi connectivity index (χ1n) is 7.60. The highest BCUT2D eigenvalue weighted by molar-refractivity contribution is 7.17. The Labute approximate surface area is 149 Å². The molecule has 3 aromatic rings. The Kier molecular flexibility index (Phi) is 5.27. The van der Waals surface area contributed by atoms with Gasteiger partial charge in [-0.3, -0.25) is 4.79 Å². The van der Waals surface area contributed by atoms with Crippen molar-refractivity contribution < 1.29 is 9.53 Å². The van der Waals surface area contributed by atoms with Crippen LogP contribution < -0.4 is 10.1 Å². The maximum atomic E-state index is 12.2. The summed E-state index contributed by atoms with van der Waals surface area (Å²) < 4.78 is 5.31. The van der Waals surface area contributed by atoms with E-state index in [-0.39, 0.29) is 5.91 Å². The summed E-state index contributed by atoms with van der Waals surface area (Å²) in [7, 11) is 1.64. The molecule has 0 unspecified atom stereocenters. The summed E-state index contributed by atoms with van der Waals surface area (Å²) in [6.07, 6.45) is 1.03. The van der Waals surface area contributed by atoms with E-state index in [1.807, 2.05) is 29.6 Å². The zero-order valence-corrected chi connectivity index (χ0v) is 15.2. The first-order chi connectivity index (χ1) is 11.7. The van der Waals surface area contributed by atoms with Crippen LogP contribution in [0.5, 0.6) is 5.75 Å². The summed E-state index contributed by atoms with van der Waals surface area (Å²) in [5.74, 6) is 0.777. The van der Waals surface area contributed by atoms with Gasteiger partial charge in [0, 0.05) is 16.7 Å². The molecule has 0 aliphatic carbocycles. The Balaban J connectivity index is 1.58. The Hall–Kier alpha value is -2.18. The van der Waals surface area contributed by atoms with E-state index in [4.69, 9.17) is 4.74 Å². The van der Waals surface area contributed by atoms with Gasteiger partial charge in [0.1, 0.15) is 5.75 Å². The number of carbonyl (C=O) groups excluding carboxylic acids is 1. The van der Waals surface area contributed by atoms with Crippen LogP contribution in [0.25, 0.3) is 10.6 Å². The van der Waals surface area contributed by atoms with Crippen LogP contribution in [0, 0.1) is 6.92 Å². The second-order valence-electron chi connectivity index (χ2n) is 5.31. The third kappa shape index (κ3) is 4.01. The Morgan fingerprint density at radius 1 is 1.25 bits per heavy atom.